The van der Waals surface area contributed by atoms with Crippen molar-refractivity contribution in [2.24, 2.45) is 0 Å². The monoisotopic (exact) mass is 1180 g/mol. The van der Waals surface area contributed by atoms with Crippen molar-refractivity contribution < 1.29 is 49.3 Å². The number of aliphatic hydroxyl groups is 5. The summed E-state index contributed by atoms with van der Waals surface area (Å²) in [6, 6.07) is -1.03. The minimum atomic E-state index is -1.63. The number of carbonyl (C=O) groups excluding carboxylic acids is 2. The van der Waals surface area contributed by atoms with Crippen LogP contribution in [0.3, 0.4) is 0 Å². The number of ether oxygens (including phenoxy) is 3. The van der Waals surface area contributed by atoms with E-state index < -0.39 is 67.4 Å². The van der Waals surface area contributed by atoms with Crippen molar-refractivity contribution in [3.8, 4) is 0 Å². The van der Waals surface area contributed by atoms with Crippen LogP contribution >= 0.6 is 0 Å². The van der Waals surface area contributed by atoms with Gasteiger partial charge in [0.15, 0.2) is 12.4 Å². The molecule has 0 aliphatic carbocycles. The number of nitrogens with one attached hydrogen (secondary N) is 1. The van der Waals surface area contributed by atoms with Crippen LogP contribution in [0.5, 0.6) is 0 Å². The highest BCUT2D eigenvalue weighted by Gasteiger charge is 2.47. The molecular weight excluding hydrogens is 1050 g/mol. The van der Waals surface area contributed by atoms with Crippen LogP contribution in [-0.4, -0.2) is 99.6 Å². The molecule has 0 aromatic carbocycles. The van der Waals surface area contributed by atoms with Gasteiger partial charge in [0.25, 0.3) is 0 Å². The molecule has 11 heteroatoms. The van der Waals surface area contributed by atoms with E-state index in [0.29, 0.717) is 19.3 Å². The van der Waals surface area contributed by atoms with E-state index in [1.54, 1.807) is 6.08 Å². The van der Waals surface area contributed by atoms with Gasteiger partial charge in [0, 0.05) is 6.42 Å². The number of hydrogen-bond donors (Lipinski definition) is 6. The lowest BCUT2D eigenvalue weighted by atomic mass is 9.99. The third kappa shape index (κ3) is 47.0. The predicted molar refractivity (Wildman–Crippen MR) is 352 cm³/mol. The average Bonchev–Trinajstić information content (AvgIpc) is 3.65. The molecule has 8 unspecified atom stereocenters. The van der Waals surface area contributed by atoms with Gasteiger partial charge in [-0.15, -0.1) is 0 Å². The first-order valence-electron chi connectivity index (χ1n) is 34.9. The molecule has 11 nitrogen and oxygen atoms in total. The van der Waals surface area contributed by atoms with E-state index in [1.165, 1.54) is 154 Å². The highest BCUT2D eigenvalue weighted by Crippen LogP contribution is 2.26. The Labute approximate surface area is 514 Å². The lowest BCUT2D eigenvalue weighted by Gasteiger charge is -2.41. The van der Waals surface area contributed by atoms with Crippen molar-refractivity contribution in [1.82, 2.24) is 5.32 Å². The van der Waals surface area contributed by atoms with Crippen LogP contribution < -0.4 is 5.32 Å². The fourth-order valence-electron chi connectivity index (χ4n) is 10.6. The first-order valence-corrected chi connectivity index (χ1v) is 34.9. The molecule has 1 amide bonds. The van der Waals surface area contributed by atoms with E-state index in [9.17, 15) is 35.1 Å². The molecule has 0 radical (unpaired) electrons. The minimum absolute atomic E-state index is 0.0913. The van der Waals surface area contributed by atoms with Gasteiger partial charge in [0.05, 0.1) is 25.4 Å². The van der Waals surface area contributed by atoms with Crippen molar-refractivity contribution >= 4 is 11.9 Å². The zero-order valence-corrected chi connectivity index (χ0v) is 54.0. The standard InChI is InChI=1S/C73H129NO10/c1-4-7-10-13-16-19-22-25-27-29-31-33-34-35-37-39-41-43-46-49-52-55-58-61-68(78)84-71-70(80)69(79)67(62-75)83-73(71)82-63-64(65(76)59-56-53-50-47-44-24-21-18-15-12-9-6-3)74-72(81)66(77)60-57-54-51-48-45-42-40-38-36-32-30-28-26-23-20-17-14-11-8-5-2/h7,10,16,19,25,27,31,33,35,37,41,43,56,59,64-67,69-71,73,75-77,79-80H,4-6,8-9,11-15,17-18,20-24,26,28-30,32,34,36,38-40,42,44-55,57-58,60-63H2,1-3H3,(H,74,81)/b10-7-,19-16-,27-25-,33-31-,37-35-,43-41-,59-56+. The zero-order chi connectivity index (χ0) is 61.0. The molecule has 0 bridgehead atoms. The van der Waals surface area contributed by atoms with E-state index >= 15 is 0 Å². The second kappa shape index (κ2) is 60.1. The van der Waals surface area contributed by atoms with Gasteiger partial charge in [-0.2, -0.15) is 0 Å². The third-order valence-corrected chi connectivity index (χ3v) is 16.1. The lowest BCUT2D eigenvalue weighted by Crippen LogP contribution is -2.61. The second-order valence-electron chi connectivity index (χ2n) is 23.9. The van der Waals surface area contributed by atoms with Gasteiger partial charge in [-0.05, 0) is 77.0 Å². The Morgan fingerprint density at radius 2 is 0.857 bits per heavy atom. The van der Waals surface area contributed by atoms with Crippen molar-refractivity contribution in [3.63, 3.8) is 0 Å². The Hall–Kier alpha value is -3.16. The molecule has 1 saturated heterocycles. The molecule has 1 fully saturated rings. The number of carbonyl (C=O) groups is 2. The Kier molecular flexibility index (Phi) is 56.5. The van der Waals surface area contributed by atoms with Gasteiger partial charge in [0.2, 0.25) is 5.91 Å². The summed E-state index contributed by atoms with van der Waals surface area (Å²) in [5.41, 5.74) is 0. The molecule has 0 aromatic rings. The van der Waals surface area contributed by atoms with Gasteiger partial charge in [-0.1, -0.05) is 305 Å². The quantitative estimate of drug-likeness (QED) is 0.0195. The van der Waals surface area contributed by atoms with Gasteiger partial charge < -0.3 is 45.1 Å². The van der Waals surface area contributed by atoms with E-state index in [-0.39, 0.29) is 13.0 Å². The molecule has 486 valence electrons. The van der Waals surface area contributed by atoms with Crippen molar-refractivity contribution in [2.75, 3.05) is 13.2 Å². The summed E-state index contributed by atoms with van der Waals surface area (Å²) < 4.78 is 17.7. The largest absolute Gasteiger partial charge is 0.454 e. The first-order chi connectivity index (χ1) is 41.2. The summed E-state index contributed by atoms with van der Waals surface area (Å²) in [4.78, 5) is 26.7. The summed E-state index contributed by atoms with van der Waals surface area (Å²) in [5.74, 6) is -1.21. The number of unbranched alkanes of at least 4 members (excludes halogenated alkanes) is 33. The van der Waals surface area contributed by atoms with Crippen molar-refractivity contribution in [1.29, 1.82) is 0 Å². The van der Waals surface area contributed by atoms with Gasteiger partial charge in [-0.3, -0.25) is 9.59 Å². The number of esters is 1. The molecule has 6 N–H and O–H groups in total. The fourth-order valence-corrected chi connectivity index (χ4v) is 10.6. The second-order valence-corrected chi connectivity index (χ2v) is 23.9. The summed E-state index contributed by atoms with van der Waals surface area (Å²) in [6.07, 6.45) is 69.0. The molecule has 8 atom stereocenters. The van der Waals surface area contributed by atoms with Crippen molar-refractivity contribution in [3.05, 3.63) is 85.1 Å². The van der Waals surface area contributed by atoms with Crippen molar-refractivity contribution in [2.45, 2.75) is 352 Å². The lowest BCUT2D eigenvalue weighted by molar-refractivity contribution is -0.305. The normalized spacial score (nSPS) is 19.0. The van der Waals surface area contributed by atoms with Crippen LogP contribution in [0.2, 0.25) is 0 Å². The van der Waals surface area contributed by atoms with Crippen LogP contribution in [0, 0.1) is 0 Å². The molecule has 0 aromatic heterocycles. The Morgan fingerprint density at radius 1 is 0.476 bits per heavy atom. The number of aliphatic hydroxyl groups excluding tert-OH is 5. The fraction of sp³-hybridized carbons (Fsp3) is 0.781. The molecule has 1 rings (SSSR count). The van der Waals surface area contributed by atoms with Crippen LogP contribution in [-0.2, 0) is 23.8 Å². The topological polar surface area (TPSA) is 175 Å². The number of rotatable bonds is 59. The smallest absolute Gasteiger partial charge is 0.306 e. The maximum atomic E-state index is 13.5. The highest BCUT2D eigenvalue weighted by molar-refractivity contribution is 5.80. The molecular formula is C73H129NO10. The predicted octanol–water partition coefficient (Wildman–Crippen LogP) is 17.7. The average molecular weight is 1180 g/mol. The maximum absolute atomic E-state index is 13.5. The highest BCUT2D eigenvalue weighted by atomic mass is 16.7. The number of amides is 1. The number of hydrogen-bond acceptors (Lipinski definition) is 10. The Bertz CT molecular complexity index is 1690. The van der Waals surface area contributed by atoms with E-state index in [1.807, 2.05) is 6.08 Å². The molecule has 1 heterocycles. The molecule has 0 saturated carbocycles. The summed E-state index contributed by atoms with van der Waals surface area (Å²) in [6.45, 7) is 5.69. The molecule has 1 aliphatic rings. The zero-order valence-electron chi connectivity index (χ0n) is 54.0. The molecule has 1 aliphatic heterocycles. The van der Waals surface area contributed by atoms with E-state index in [4.69, 9.17) is 14.2 Å². The Balaban J connectivity index is 2.62. The van der Waals surface area contributed by atoms with Gasteiger partial charge >= 0.3 is 5.97 Å². The Morgan fingerprint density at radius 3 is 1.29 bits per heavy atom. The van der Waals surface area contributed by atoms with Crippen LogP contribution in [0.4, 0.5) is 0 Å². The van der Waals surface area contributed by atoms with Crippen LogP contribution in [0.15, 0.2) is 85.1 Å². The third-order valence-electron chi connectivity index (χ3n) is 16.1. The minimum Gasteiger partial charge on any atom is -0.454 e. The molecule has 0 spiro atoms. The maximum Gasteiger partial charge on any atom is 0.306 e. The SMILES string of the molecule is CC/C=C\C/C=C\C/C=C\C/C=C\C/C=C\C/C=C\CCCCCCC(=O)OC1C(OCC(NC(=O)C(O)CCCCCCCCCCCCCCCCCCCCCC)C(O)/C=C/CCCCCCCCCCCC)OC(CO)C(O)C1O. The van der Waals surface area contributed by atoms with Crippen LogP contribution in [0.1, 0.15) is 303 Å². The summed E-state index contributed by atoms with van der Waals surface area (Å²) in [5, 5.41) is 57.2. The summed E-state index contributed by atoms with van der Waals surface area (Å²) in [7, 11) is 0. The summed E-state index contributed by atoms with van der Waals surface area (Å²) >= 11 is 0. The number of allylic oxidation sites excluding steroid dienone is 13. The van der Waals surface area contributed by atoms with E-state index in [2.05, 4.69) is 99.0 Å². The molecule has 84 heavy (non-hydrogen) atoms. The van der Waals surface area contributed by atoms with Gasteiger partial charge in [0.1, 0.15) is 24.4 Å². The van der Waals surface area contributed by atoms with Gasteiger partial charge in [-0.25, -0.2) is 0 Å². The van der Waals surface area contributed by atoms with E-state index in [0.717, 1.165) is 103 Å². The van der Waals surface area contributed by atoms with Crippen LogP contribution in [0.25, 0.3) is 0 Å². The first kappa shape index (κ1) is 78.9.